The minimum absolute atomic E-state index is 0.0348. The maximum atomic E-state index is 13.7. The van der Waals surface area contributed by atoms with Crippen LogP contribution in [0.25, 0.3) is 0 Å². The minimum atomic E-state index is -4.09. The smallest absolute Gasteiger partial charge is 0.271 e. The van der Waals surface area contributed by atoms with Crippen LogP contribution in [0.15, 0.2) is 42.5 Å². The predicted molar refractivity (Wildman–Crippen MR) is 141 cm³/mol. The molecular formula is C25H34N4O7S. The third-order valence-electron chi connectivity index (χ3n) is 5.42. The lowest BCUT2D eigenvalue weighted by atomic mass is 10.1. The number of non-ortho nitro benzene ring substituents is 1. The van der Waals surface area contributed by atoms with Crippen LogP contribution in [-0.2, 0) is 26.2 Å². The van der Waals surface area contributed by atoms with Crippen LogP contribution in [0.4, 0.5) is 11.4 Å². The molecule has 2 amide bonds. The summed E-state index contributed by atoms with van der Waals surface area (Å²) in [6.45, 7) is 8.23. The van der Waals surface area contributed by atoms with Crippen molar-refractivity contribution in [2.75, 3.05) is 24.2 Å². The van der Waals surface area contributed by atoms with E-state index in [0.717, 1.165) is 27.8 Å². The molecule has 12 heteroatoms. The molecule has 0 saturated heterocycles. The molecule has 2 aromatic carbocycles. The fraction of sp³-hybridized carbons (Fsp3) is 0.440. The lowest BCUT2D eigenvalue weighted by Crippen LogP contribution is -2.54. The first-order valence-electron chi connectivity index (χ1n) is 11.5. The van der Waals surface area contributed by atoms with Crippen molar-refractivity contribution in [3.63, 3.8) is 0 Å². The van der Waals surface area contributed by atoms with Gasteiger partial charge in [0.1, 0.15) is 24.0 Å². The molecular weight excluding hydrogens is 500 g/mol. The van der Waals surface area contributed by atoms with E-state index in [2.05, 4.69) is 5.32 Å². The second kappa shape index (κ2) is 11.6. The van der Waals surface area contributed by atoms with Gasteiger partial charge in [-0.25, -0.2) is 8.42 Å². The molecule has 0 aliphatic carbocycles. The van der Waals surface area contributed by atoms with Crippen molar-refractivity contribution in [3.8, 4) is 5.75 Å². The summed E-state index contributed by atoms with van der Waals surface area (Å²) in [7, 11) is -2.81. The van der Waals surface area contributed by atoms with E-state index < -0.39 is 44.9 Å². The number of sulfonamides is 1. The second-order valence-corrected chi connectivity index (χ2v) is 11.7. The zero-order valence-electron chi connectivity index (χ0n) is 22.1. The molecule has 0 aliphatic rings. The van der Waals surface area contributed by atoms with E-state index in [1.165, 1.54) is 24.1 Å². The molecule has 0 heterocycles. The number of nitro benzene ring substituents is 1. The lowest BCUT2D eigenvalue weighted by Gasteiger charge is -2.33. The zero-order chi connectivity index (χ0) is 28.1. The monoisotopic (exact) mass is 534 g/mol. The average Bonchev–Trinajstić information content (AvgIpc) is 2.78. The van der Waals surface area contributed by atoms with Gasteiger partial charge in [-0.05, 0) is 46.2 Å². The number of carbonyl (C=O) groups is 2. The Kier molecular flexibility index (Phi) is 9.26. The molecule has 0 radical (unpaired) electrons. The average molecular weight is 535 g/mol. The van der Waals surface area contributed by atoms with Crippen molar-refractivity contribution in [2.45, 2.75) is 52.7 Å². The molecule has 0 aliphatic heterocycles. The number of nitro groups is 1. The van der Waals surface area contributed by atoms with Gasteiger partial charge in [-0.1, -0.05) is 29.8 Å². The predicted octanol–water partition coefficient (Wildman–Crippen LogP) is 3.01. The Bertz CT molecular complexity index is 1270. The van der Waals surface area contributed by atoms with Crippen LogP contribution in [0.1, 0.15) is 38.8 Å². The highest BCUT2D eigenvalue weighted by Crippen LogP contribution is 2.34. The maximum absolute atomic E-state index is 13.7. The van der Waals surface area contributed by atoms with Gasteiger partial charge in [-0.15, -0.1) is 0 Å². The van der Waals surface area contributed by atoms with Crippen LogP contribution in [0.3, 0.4) is 0 Å². The van der Waals surface area contributed by atoms with Gasteiger partial charge in [-0.3, -0.25) is 24.0 Å². The number of hydrogen-bond acceptors (Lipinski definition) is 7. The van der Waals surface area contributed by atoms with Crippen LogP contribution in [0.2, 0.25) is 0 Å². The van der Waals surface area contributed by atoms with Crippen LogP contribution >= 0.6 is 0 Å². The van der Waals surface area contributed by atoms with E-state index in [1.54, 1.807) is 13.0 Å². The molecule has 0 spiro atoms. The van der Waals surface area contributed by atoms with Gasteiger partial charge in [0.25, 0.3) is 5.69 Å². The summed E-state index contributed by atoms with van der Waals surface area (Å²) < 4.78 is 31.5. The van der Waals surface area contributed by atoms with E-state index >= 15 is 0 Å². The van der Waals surface area contributed by atoms with E-state index in [1.807, 2.05) is 45.9 Å². The largest absolute Gasteiger partial charge is 0.495 e. The Hall–Kier alpha value is -3.67. The Morgan fingerprint density at radius 2 is 1.81 bits per heavy atom. The quantitative estimate of drug-likeness (QED) is 0.365. The van der Waals surface area contributed by atoms with Crippen LogP contribution in [0, 0.1) is 17.0 Å². The minimum Gasteiger partial charge on any atom is -0.495 e. The molecule has 0 bridgehead atoms. The van der Waals surface area contributed by atoms with Crippen LogP contribution < -0.4 is 14.4 Å². The molecule has 0 saturated carbocycles. The third-order valence-corrected chi connectivity index (χ3v) is 6.55. The molecule has 2 rings (SSSR count). The maximum Gasteiger partial charge on any atom is 0.271 e. The summed E-state index contributed by atoms with van der Waals surface area (Å²) >= 11 is 0. The molecule has 1 N–H and O–H groups in total. The van der Waals surface area contributed by atoms with Crippen molar-refractivity contribution in [1.82, 2.24) is 10.2 Å². The Morgan fingerprint density at radius 3 is 2.32 bits per heavy atom. The Labute approximate surface area is 217 Å². The number of aryl methyl sites for hydroxylation is 1. The first kappa shape index (κ1) is 29.6. The Morgan fingerprint density at radius 1 is 1.16 bits per heavy atom. The van der Waals surface area contributed by atoms with E-state index in [0.29, 0.717) is 0 Å². The highest BCUT2D eigenvalue weighted by atomic mass is 32.2. The third kappa shape index (κ3) is 8.17. The molecule has 202 valence electrons. The first-order valence-corrected chi connectivity index (χ1v) is 13.4. The number of benzene rings is 2. The fourth-order valence-electron chi connectivity index (χ4n) is 3.65. The summed E-state index contributed by atoms with van der Waals surface area (Å²) in [5.41, 5.74) is 0.623. The van der Waals surface area contributed by atoms with Gasteiger partial charge < -0.3 is 15.0 Å². The molecule has 11 nitrogen and oxygen atoms in total. The van der Waals surface area contributed by atoms with Gasteiger partial charge in [0.15, 0.2) is 0 Å². The van der Waals surface area contributed by atoms with Crippen molar-refractivity contribution >= 4 is 33.2 Å². The number of nitrogens with one attached hydrogen (secondary N) is 1. The summed E-state index contributed by atoms with van der Waals surface area (Å²) in [4.78, 5) is 38.6. The van der Waals surface area contributed by atoms with Gasteiger partial charge in [-0.2, -0.15) is 0 Å². The van der Waals surface area contributed by atoms with Crippen molar-refractivity contribution < 1.29 is 27.7 Å². The number of hydrogen-bond donors (Lipinski definition) is 1. The second-order valence-electron chi connectivity index (χ2n) is 9.81. The van der Waals surface area contributed by atoms with Gasteiger partial charge in [0, 0.05) is 24.2 Å². The topological polar surface area (TPSA) is 139 Å². The van der Waals surface area contributed by atoms with Crippen molar-refractivity contribution in [3.05, 3.63) is 63.7 Å². The van der Waals surface area contributed by atoms with Crippen molar-refractivity contribution in [1.29, 1.82) is 0 Å². The number of ether oxygens (including phenoxy) is 1. The van der Waals surface area contributed by atoms with Gasteiger partial charge in [0.2, 0.25) is 21.8 Å². The number of amides is 2. The molecule has 0 aromatic heterocycles. The lowest BCUT2D eigenvalue weighted by molar-refractivity contribution is -0.384. The number of rotatable bonds is 10. The van der Waals surface area contributed by atoms with E-state index in [-0.39, 0.29) is 23.7 Å². The van der Waals surface area contributed by atoms with Crippen molar-refractivity contribution in [2.24, 2.45) is 0 Å². The molecule has 1 atom stereocenters. The van der Waals surface area contributed by atoms with Crippen LogP contribution in [0.5, 0.6) is 5.75 Å². The van der Waals surface area contributed by atoms with Gasteiger partial charge >= 0.3 is 0 Å². The summed E-state index contributed by atoms with van der Waals surface area (Å²) in [5.74, 6) is -1.04. The highest BCUT2D eigenvalue weighted by Gasteiger charge is 2.33. The summed E-state index contributed by atoms with van der Waals surface area (Å²) in [6.07, 6.45) is 0.888. The standard InChI is InChI=1S/C25H34N4O7S/c1-17-9-8-10-19(13-17)15-27(18(2)24(31)26-25(3,4)5)23(30)16-28(37(7,34)35)21-14-20(29(32)33)11-12-22(21)36-6/h8-14,18H,15-16H2,1-7H3,(H,26,31). The zero-order valence-corrected chi connectivity index (χ0v) is 23.0. The normalized spacial score (nSPS) is 12.4. The van der Waals surface area contributed by atoms with Crippen LogP contribution in [-0.4, -0.2) is 61.5 Å². The number of nitrogens with zero attached hydrogens (tertiary/aromatic N) is 3. The number of anilines is 1. The fourth-order valence-corrected chi connectivity index (χ4v) is 4.49. The van der Waals surface area contributed by atoms with Gasteiger partial charge in [0.05, 0.1) is 18.3 Å². The molecule has 1 unspecified atom stereocenters. The Balaban J connectivity index is 2.53. The summed E-state index contributed by atoms with van der Waals surface area (Å²) in [6, 6.07) is 9.92. The highest BCUT2D eigenvalue weighted by molar-refractivity contribution is 7.92. The first-order chi connectivity index (χ1) is 17.0. The SMILES string of the molecule is COc1ccc([N+](=O)[O-])cc1N(CC(=O)N(Cc1cccc(C)c1)C(C)C(=O)NC(C)(C)C)S(C)(=O)=O. The molecule has 2 aromatic rings. The molecule has 0 fully saturated rings. The number of methoxy groups -OCH3 is 1. The summed E-state index contributed by atoms with van der Waals surface area (Å²) in [5, 5.41) is 14.2. The van der Waals surface area contributed by atoms with E-state index in [4.69, 9.17) is 4.74 Å². The number of carbonyl (C=O) groups excluding carboxylic acids is 2. The molecule has 37 heavy (non-hydrogen) atoms. The van der Waals surface area contributed by atoms with E-state index in [9.17, 15) is 28.1 Å².